The number of piperidine rings is 1. The van der Waals surface area contributed by atoms with Crippen molar-refractivity contribution < 1.29 is 9.53 Å². The number of likely N-dealkylation sites (tertiary alicyclic amines) is 1. The molecule has 30 heavy (non-hydrogen) atoms. The SMILES string of the molecule is CCOC(=O)c1nc2ccccc2n(C2CCN(/C3=C/CCCCCC3)CC2)c1=O. The summed E-state index contributed by atoms with van der Waals surface area (Å²) in [5.74, 6) is -0.640. The van der Waals surface area contributed by atoms with Crippen LogP contribution in [0.15, 0.2) is 40.8 Å². The van der Waals surface area contributed by atoms with E-state index < -0.39 is 5.97 Å². The molecule has 6 nitrogen and oxygen atoms in total. The van der Waals surface area contributed by atoms with Gasteiger partial charge in [0.25, 0.3) is 5.56 Å². The Morgan fingerprint density at radius 3 is 2.70 bits per heavy atom. The van der Waals surface area contributed by atoms with Crippen molar-refractivity contribution in [3.63, 3.8) is 0 Å². The second-order valence-corrected chi connectivity index (χ2v) is 8.21. The van der Waals surface area contributed by atoms with Crippen LogP contribution in [0.4, 0.5) is 0 Å². The number of benzene rings is 1. The molecule has 0 bridgehead atoms. The number of carbonyl (C=O) groups excluding carboxylic acids is 1. The maximum atomic E-state index is 13.2. The second kappa shape index (κ2) is 9.45. The van der Waals surface area contributed by atoms with Crippen molar-refractivity contribution in [1.29, 1.82) is 0 Å². The zero-order chi connectivity index (χ0) is 20.9. The Labute approximate surface area is 177 Å². The van der Waals surface area contributed by atoms with Crippen molar-refractivity contribution in [2.24, 2.45) is 0 Å². The predicted molar refractivity (Wildman–Crippen MR) is 118 cm³/mol. The first-order valence-corrected chi connectivity index (χ1v) is 11.3. The number of carbonyl (C=O) groups is 1. The first kappa shape index (κ1) is 20.6. The third kappa shape index (κ3) is 4.27. The Hall–Kier alpha value is -2.63. The number of para-hydroxylation sites is 2. The van der Waals surface area contributed by atoms with Crippen LogP contribution >= 0.6 is 0 Å². The van der Waals surface area contributed by atoms with Crippen LogP contribution in [0.5, 0.6) is 0 Å². The van der Waals surface area contributed by atoms with Gasteiger partial charge in [0.2, 0.25) is 5.69 Å². The number of nitrogens with zero attached hydrogens (tertiary/aromatic N) is 3. The number of aromatic nitrogens is 2. The minimum atomic E-state index is -0.640. The number of rotatable bonds is 4. The van der Waals surface area contributed by atoms with Gasteiger partial charge in [0, 0.05) is 24.8 Å². The van der Waals surface area contributed by atoms with Gasteiger partial charge in [-0.05, 0) is 57.6 Å². The van der Waals surface area contributed by atoms with Gasteiger partial charge in [0.05, 0.1) is 17.6 Å². The van der Waals surface area contributed by atoms with E-state index >= 15 is 0 Å². The highest BCUT2D eigenvalue weighted by atomic mass is 16.5. The molecule has 1 aromatic carbocycles. The van der Waals surface area contributed by atoms with E-state index in [0.29, 0.717) is 5.52 Å². The van der Waals surface area contributed by atoms with Crippen molar-refractivity contribution in [2.75, 3.05) is 19.7 Å². The second-order valence-electron chi connectivity index (χ2n) is 8.21. The average Bonchev–Trinajstić information content (AvgIpc) is 2.74. The van der Waals surface area contributed by atoms with E-state index in [1.54, 1.807) is 11.5 Å². The van der Waals surface area contributed by atoms with E-state index in [4.69, 9.17) is 4.74 Å². The zero-order valence-electron chi connectivity index (χ0n) is 17.8. The molecular weight excluding hydrogens is 378 g/mol. The molecule has 1 aliphatic carbocycles. The Morgan fingerprint density at radius 2 is 1.90 bits per heavy atom. The standard InChI is InChI=1S/C24H31N3O3/c1-2-30-24(29)22-23(28)27(21-13-9-8-12-20(21)25-22)19-14-16-26(17-15-19)18-10-6-4-3-5-7-11-18/h8-10,12-13,19H,2-7,11,14-17H2,1H3/b18-10+. The van der Waals surface area contributed by atoms with Crippen LogP contribution < -0.4 is 5.56 Å². The molecule has 1 saturated heterocycles. The van der Waals surface area contributed by atoms with E-state index in [2.05, 4.69) is 16.0 Å². The normalized spacial score (nSPS) is 20.3. The zero-order valence-corrected chi connectivity index (χ0v) is 17.8. The minimum absolute atomic E-state index is 0.0592. The van der Waals surface area contributed by atoms with E-state index in [-0.39, 0.29) is 23.9 Å². The maximum Gasteiger partial charge on any atom is 0.362 e. The highest BCUT2D eigenvalue weighted by molar-refractivity contribution is 5.89. The van der Waals surface area contributed by atoms with Gasteiger partial charge >= 0.3 is 5.97 Å². The Balaban J connectivity index is 1.61. The monoisotopic (exact) mass is 409 g/mol. The molecule has 2 heterocycles. The predicted octanol–water partition coefficient (Wildman–Crippen LogP) is 4.45. The van der Waals surface area contributed by atoms with Crippen molar-refractivity contribution >= 4 is 17.0 Å². The molecule has 0 unspecified atom stereocenters. The van der Waals surface area contributed by atoms with Crippen molar-refractivity contribution in [3.05, 3.63) is 52.1 Å². The summed E-state index contributed by atoms with van der Waals surface area (Å²) in [6, 6.07) is 7.62. The molecule has 1 aliphatic heterocycles. The fourth-order valence-corrected chi connectivity index (χ4v) is 4.72. The molecule has 6 heteroatoms. The topological polar surface area (TPSA) is 64.4 Å². The Kier molecular flexibility index (Phi) is 6.50. The Morgan fingerprint density at radius 1 is 1.13 bits per heavy atom. The molecular formula is C24H31N3O3. The summed E-state index contributed by atoms with van der Waals surface area (Å²) in [7, 11) is 0. The summed E-state index contributed by atoms with van der Waals surface area (Å²) in [5, 5.41) is 0. The van der Waals surface area contributed by atoms with Crippen LogP contribution in [0.2, 0.25) is 0 Å². The van der Waals surface area contributed by atoms with Gasteiger partial charge in [-0.2, -0.15) is 0 Å². The fraction of sp³-hybridized carbons (Fsp3) is 0.542. The van der Waals surface area contributed by atoms with Crippen LogP contribution in [-0.2, 0) is 4.74 Å². The van der Waals surface area contributed by atoms with E-state index in [9.17, 15) is 9.59 Å². The number of esters is 1. The van der Waals surface area contributed by atoms with Crippen molar-refractivity contribution in [3.8, 4) is 0 Å². The molecule has 0 saturated carbocycles. The lowest BCUT2D eigenvalue weighted by atomic mass is 9.99. The fourth-order valence-electron chi connectivity index (χ4n) is 4.72. The van der Waals surface area contributed by atoms with Gasteiger partial charge in [-0.3, -0.25) is 4.79 Å². The average molecular weight is 410 g/mol. The molecule has 0 spiro atoms. The first-order chi connectivity index (χ1) is 14.7. The van der Waals surface area contributed by atoms with Gasteiger partial charge in [0.1, 0.15) is 0 Å². The molecule has 0 N–H and O–H groups in total. The molecule has 2 aliphatic rings. The van der Waals surface area contributed by atoms with Crippen molar-refractivity contribution in [1.82, 2.24) is 14.5 Å². The van der Waals surface area contributed by atoms with E-state index in [1.165, 1.54) is 37.8 Å². The van der Waals surface area contributed by atoms with Crippen molar-refractivity contribution in [2.45, 2.75) is 64.3 Å². The van der Waals surface area contributed by atoms with Crippen LogP contribution in [-0.4, -0.2) is 40.1 Å². The number of allylic oxidation sites excluding steroid dienone is 2. The lowest BCUT2D eigenvalue weighted by Crippen LogP contribution is -2.39. The molecule has 160 valence electrons. The number of ether oxygens (including phenoxy) is 1. The minimum Gasteiger partial charge on any atom is -0.461 e. The summed E-state index contributed by atoms with van der Waals surface area (Å²) >= 11 is 0. The highest BCUT2D eigenvalue weighted by Gasteiger charge is 2.27. The molecule has 0 atom stereocenters. The molecule has 4 rings (SSSR count). The van der Waals surface area contributed by atoms with Crippen LogP contribution in [0.3, 0.4) is 0 Å². The maximum absolute atomic E-state index is 13.2. The molecule has 2 aromatic rings. The molecule has 0 radical (unpaired) electrons. The van der Waals surface area contributed by atoms with Gasteiger partial charge in [0.15, 0.2) is 0 Å². The lowest BCUT2D eigenvalue weighted by Gasteiger charge is -2.37. The Bertz CT molecular complexity index is 987. The van der Waals surface area contributed by atoms with Crippen LogP contribution in [0.1, 0.15) is 74.8 Å². The quantitative estimate of drug-likeness (QED) is 0.698. The number of hydrogen-bond acceptors (Lipinski definition) is 5. The third-order valence-electron chi connectivity index (χ3n) is 6.27. The van der Waals surface area contributed by atoms with E-state index in [1.807, 2.05) is 24.3 Å². The van der Waals surface area contributed by atoms with Gasteiger partial charge in [-0.25, -0.2) is 9.78 Å². The molecule has 0 amide bonds. The summed E-state index contributed by atoms with van der Waals surface area (Å²) in [6.07, 6.45) is 11.7. The van der Waals surface area contributed by atoms with Gasteiger partial charge < -0.3 is 14.2 Å². The lowest BCUT2D eigenvalue weighted by molar-refractivity contribution is 0.0516. The molecule has 1 aromatic heterocycles. The first-order valence-electron chi connectivity index (χ1n) is 11.3. The van der Waals surface area contributed by atoms with E-state index in [0.717, 1.165) is 37.9 Å². The molecule has 1 fully saturated rings. The largest absolute Gasteiger partial charge is 0.461 e. The van der Waals surface area contributed by atoms with Gasteiger partial charge in [-0.15, -0.1) is 0 Å². The summed E-state index contributed by atoms with van der Waals surface area (Å²) in [6.45, 7) is 3.83. The summed E-state index contributed by atoms with van der Waals surface area (Å²) in [5.41, 5.74) is 2.48. The van der Waals surface area contributed by atoms with Crippen LogP contribution in [0.25, 0.3) is 11.0 Å². The van der Waals surface area contributed by atoms with Gasteiger partial charge in [-0.1, -0.05) is 31.1 Å². The smallest absolute Gasteiger partial charge is 0.362 e. The van der Waals surface area contributed by atoms with Crippen LogP contribution in [0, 0.1) is 0 Å². The number of hydrogen-bond donors (Lipinski definition) is 0. The number of fused-ring (bicyclic) bond motifs is 1. The highest BCUT2D eigenvalue weighted by Crippen LogP contribution is 2.29. The summed E-state index contributed by atoms with van der Waals surface area (Å²) < 4.78 is 6.88. The third-order valence-corrected chi connectivity index (χ3v) is 6.27. The summed E-state index contributed by atoms with van der Waals surface area (Å²) in [4.78, 5) is 32.4.